The van der Waals surface area contributed by atoms with E-state index in [0.717, 1.165) is 22.1 Å². The summed E-state index contributed by atoms with van der Waals surface area (Å²) in [6, 6.07) is 12.3. The van der Waals surface area contributed by atoms with E-state index in [-0.39, 0.29) is 16.7 Å². The van der Waals surface area contributed by atoms with Crippen LogP contribution in [0.1, 0.15) is 24.9 Å². The van der Waals surface area contributed by atoms with Gasteiger partial charge in [-0.1, -0.05) is 30.7 Å². The maximum atomic E-state index is 10.9. The van der Waals surface area contributed by atoms with Crippen molar-refractivity contribution >= 4 is 38.9 Å². The zero-order chi connectivity index (χ0) is 15.4. The van der Waals surface area contributed by atoms with Gasteiger partial charge in [0.1, 0.15) is 0 Å². The lowest BCUT2D eigenvalue weighted by Gasteiger charge is -2.19. The van der Waals surface area contributed by atoms with E-state index in [2.05, 4.69) is 21.2 Å². The third-order valence-corrected chi connectivity index (χ3v) is 4.38. The third kappa shape index (κ3) is 3.95. The van der Waals surface area contributed by atoms with Gasteiger partial charge in [-0.05, 0) is 46.1 Å². The highest BCUT2D eigenvalue weighted by Gasteiger charge is 2.13. The van der Waals surface area contributed by atoms with Crippen LogP contribution >= 0.6 is 27.5 Å². The highest BCUT2D eigenvalue weighted by molar-refractivity contribution is 9.10. The van der Waals surface area contributed by atoms with Crippen LogP contribution in [0, 0.1) is 10.1 Å². The van der Waals surface area contributed by atoms with Crippen LogP contribution in [0.5, 0.6) is 0 Å². The monoisotopic (exact) mass is 368 g/mol. The van der Waals surface area contributed by atoms with Gasteiger partial charge in [0.05, 0.1) is 16.0 Å². The van der Waals surface area contributed by atoms with E-state index in [1.807, 2.05) is 31.2 Å². The number of nitrogens with zero attached hydrogens (tertiary/aromatic N) is 1. The summed E-state index contributed by atoms with van der Waals surface area (Å²) in [5.41, 5.74) is 1.86. The van der Waals surface area contributed by atoms with Crippen LogP contribution in [0.2, 0.25) is 5.02 Å². The van der Waals surface area contributed by atoms with Crippen molar-refractivity contribution in [2.75, 3.05) is 5.32 Å². The molecule has 0 aliphatic carbocycles. The number of rotatable bonds is 5. The van der Waals surface area contributed by atoms with Crippen LogP contribution in [-0.2, 0) is 0 Å². The van der Waals surface area contributed by atoms with Crippen molar-refractivity contribution in [3.63, 3.8) is 0 Å². The maximum absolute atomic E-state index is 10.9. The van der Waals surface area contributed by atoms with Crippen LogP contribution in [0.25, 0.3) is 0 Å². The summed E-state index contributed by atoms with van der Waals surface area (Å²) >= 11 is 9.43. The predicted octanol–water partition coefficient (Wildman–Crippen LogP) is 5.57. The molecule has 0 heterocycles. The van der Waals surface area contributed by atoms with Gasteiger partial charge in [-0.15, -0.1) is 0 Å². The first-order valence-corrected chi connectivity index (χ1v) is 7.64. The number of hydrogen-bond acceptors (Lipinski definition) is 3. The number of nitro groups is 1. The van der Waals surface area contributed by atoms with Gasteiger partial charge in [0.25, 0.3) is 5.69 Å². The fourth-order valence-corrected chi connectivity index (χ4v) is 2.49. The van der Waals surface area contributed by atoms with E-state index in [1.54, 1.807) is 12.1 Å². The molecule has 0 saturated heterocycles. The molecule has 2 aromatic carbocycles. The number of nitro benzene ring substituents is 1. The minimum Gasteiger partial charge on any atom is -0.378 e. The molecule has 1 N–H and O–H groups in total. The van der Waals surface area contributed by atoms with Crippen molar-refractivity contribution in [2.45, 2.75) is 19.4 Å². The number of halogens is 2. The lowest BCUT2D eigenvalue weighted by atomic mass is 10.0. The summed E-state index contributed by atoms with van der Waals surface area (Å²) in [6.45, 7) is 2.02. The molecule has 110 valence electrons. The third-order valence-electron chi connectivity index (χ3n) is 3.15. The van der Waals surface area contributed by atoms with Crippen LogP contribution in [-0.4, -0.2) is 4.92 Å². The number of benzene rings is 2. The molecule has 1 atom stereocenters. The quantitative estimate of drug-likeness (QED) is 0.553. The molecule has 0 bridgehead atoms. The number of non-ortho nitro benzene ring substituents is 1. The molecule has 1 unspecified atom stereocenters. The van der Waals surface area contributed by atoms with E-state index in [1.165, 1.54) is 6.07 Å². The Balaban J connectivity index is 2.25. The molecule has 0 spiro atoms. The van der Waals surface area contributed by atoms with E-state index < -0.39 is 0 Å². The van der Waals surface area contributed by atoms with E-state index >= 15 is 0 Å². The Morgan fingerprint density at radius 1 is 1.33 bits per heavy atom. The molecule has 0 aliphatic rings. The Morgan fingerprint density at radius 3 is 2.71 bits per heavy atom. The van der Waals surface area contributed by atoms with Crippen molar-refractivity contribution in [1.29, 1.82) is 0 Å². The van der Waals surface area contributed by atoms with Crippen LogP contribution in [0.3, 0.4) is 0 Å². The van der Waals surface area contributed by atoms with Gasteiger partial charge >= 0.3 is 0 Å². The molecule has 2 aromatic rings. The molecular formula is C15H14BrClN2O2. The average molecular weight is 370 g/mol. The lowest BCUT2D eigenvalue weighted by Crippen LogP contribution is -2.10. The summed E-state index contributed by atoms with van der Waals surface area (Å²) in [5.74, 6) is 0. The summed E-state index contributed by atoms with van der Waals surface area (Å²) in [5, 5.41) is 14.8. The second-order valence-electron chi connectivity index (χ2n) is 4.59. The van der Waals surface area contributed by atoms with Gasteiger partial charge in [-0.25, -0.2) is 0 Å². The zero-order valence-electron chi connectivity index (χ0n) is 11.3. The normalized spacial score (nSPS) is 12.0. The molecule has 2 rings (SSSR count). The summed E-state index contributed by atoms with van der Waals surface area (Å²) in [7, 11) is 0. The summed E-state index contributed by atoms with van der Waals surface area (Å²) in [4.78, 5) is 10.5. The molecule has 0 amide bonds. The van der Waals surface area contributed by atoms with Crippen LogP contribution in [0.15, 0.2) is 46.9 Å². The van der Waals surface area contributed by atoms with Crippen molar-refractivity contribution < 1.29 is 4.92 Å². The van der Waals surface area contributed by atoms with E-state index in [9.17, 15) is 10.1 Å². The second-order valence-corrected chi connectivity index (χ2v) is 5.85. The number of hydrogen-bond donors (Lipinski definition) is 1. The highest BCUT2D eigenvalue weighted by atomic mass is 79.9. The van der Waals surface area contributed by atoms with Crippen molar-refractivity contribution in [3.05, 3.63) is 67.6 Å². The molecular weight excluding hydrogens is 356 g/mol. The molecule has 6 heteroatoms. The molecule has 21 heavy (non-hydrogen) atoms. The number of nitrogens with one attached hydrogen (secondary N) is 1. The Kier molecular flexibility index (Phi) is 5.20. The minimum atomic E-state index is -0.382. The van der Waals surface area contributed by atoms with Crippen LogP contribution < -0.4 is 5.32 Å². The molecule has 0 fully saturated rings. The second kappa shape index (κ2) is 6.91. The predicted molar refractivity (Wildman–Crippen MR) is 88.9 cm³/mol. The highest BCUT2D eigenvalue weighted by Crippen LogP contribution is 2.29. The number of anilines is 1. The lowest BCUT2D eigenvalue weighted by molar-refractivity contribution is -0.384. The summed E-state index contributed by atoms with van der Waals surface area (Å²) < 4.78 is 0.832. The summed E-state index contributed by atoms with van der Waals surface area (Å²) in [6.07, 6.45) is 0.800. The van der Waals surface area contributed by atoms with Gasteiger partial charge in [0, 0.05) is 22.3 Å². The van der Waals surface area contributed by atoms with Crippen molar-refractivity contribution in [3.8, 4) is 0 Å². The smallest absolute Gasteiger partial charge is 0.269 e. The minimum absolute atomic E-state index is 0.0119. The zero-order valence-corrected chi connectivity index (χ0v) is 13.7. The Morgan fingerprint density at radius 2 is 2.10 bits per heavy atom. The van der Waals surface area contributed by atoms with Gasteiger partial charge in [-0.2, -0.15) is 0 Å². The Bertz CT molecular complexity index is 664. The molecule has 0 aliphatic heterocycles. The first-order valence-electron chi connectivity index (χ1n) is 6.47. The first-order chi connectivity index (χ1) is 10.0. The van der Waals surface area contributed by atoms with Gasteiger partial charge in [0.2, 0.25) is 0 Å². The average Bonchev–Trinajstić information content (AvgIpc) is 2.48. The van der Waals surface area contributed by atoms with Gasteiger partial charge in [-0.3, -0.25) is 10.1 Å². The molecule has 0 radical (unpaired) electrons. The van der Waals surface area contributed by atoms with Crippen molar-refractivity contribution in [2.24, 2.45) is 0 Å². The molecule has 0 saturated carbocycles. The van der Waals surface area contributed by atoms with Crippen LogP contribution in [0.4, 0.5) is 11.4 Å². The van der Waals surface area contributed by atoms with E-state index in [4.69, 9.17) is 11.6 Å². The van der Waals surface area contributed by atoms with Gasteiger partial charge < -0.3 is 5.32 Å². The fraction of sp³-hybridized carbons (Fsp3) is 0.200. The van der Waals surface area contributed by atoms with Crippen molar-refractivity contribution in [1.82, 2.24) is 0 Å². The largest absolute Gasteiger partial charge is 0.378 e. The first kappa shape index (κ1) is 15.8. The SMILES string of the molecule is CCC(Nc1ccc(Br)c(Cl)c1)c1cccc([N+](=O)[O-])c1. The fourth-order valence-electron chi connectivity index (χ4n) is 2.06. The Hall–Kier alpha value is -1.59. The maximum Gasteiger partial charge on any atom is 0.269 e. The van der Waals surface area contributed by atoms with Gasteiger partial charge in [0.15, 0.2) is 0 Å². The molecule has 4 nitrogen and oxygen atoms in total. The molecule has 0 aromatic heterocycles. The topological polar surface area (TPSA) is 55.2 Å². The van der Waals surface area contributed by atoms with E-state index in [0.29, 0.717) is 5.02 Å². The Labute approximate surface area is 136 Å². The standard InChI is InChI=1S/C15H14BrClN2O2/c1-2-15(10-4-3-5-12(8-10)19(20)21)18-11-6-7-13(16)14(17)9-11/h3-9,15,18H,2H2,1H3.